The topological polar surface area (TPSA) is 119 Å². The van der Waals surface area contributed by atoms with Crippen LogP contribution in [-0.4, -0.2) is 54.0 Å². The van der Waals surface area contributed by atoms with E-state index in [0.717, 1.165) is 43.0 Å². The second-order valence-electron chi connectivity index (χ2n) is 8.26. The van der Waals surface area contributed by atoms with Gasteiger partial charge in [0.2, 0.25) is 0 Å². The maximum absolute atomic E-state index is 12.0. The molecule has 0 aromatic heterocycles. The molecule has 2 aromatic carbocycles. The number of hydrogen-bond donors (Lipinski definition) is 3. The summed E-state index contributed by atoms with van der Waals surface area (Å²) in [6.07, 6.45) is 5.28. The zero-order valence-electron chi connectivity index (χ0n) is 20.1. The number of unbranched alkanes of at least 4 members (excludes halogenated alkanes) is 3. The van der Waals surface area contributed by atoms with Gasteiger partial charge in [0.25, 0.3) is 5.91 Å². The van der Waals surface area contributed by atoms with Crippen LogP contribution >= 0.6 is 0 Å². The molecule has 0 fully saturated rings. The van der Waals surface area contributed by atoms with Gasteiger partial charge in [0.15, 0.2) is 0 Å². The first-order chi connectivity index (χ1) is 16.7. The van der Waals surface area contributed by atoms with E-state index in [2.05, 4.69) is 5.32 Å². The van der Waals surface area contributed by atoms with Crippen molar-refractivity contribution in [3.05, 3.63) is 71.8 Å². The maximum Gasteiger partial charge on any atom is 0.411 e. The predicted octanol–water partition coefficient (Wildman–Crippen LogP) is 4.46. The first kappa shape index (κ1) is 27.4. The van der Waals surface area contributed by atoms with Gasteiger partial charge in [0, 0.05) is 44.2 Å². The van der Waals surface area contributed by atoms with Crippen LogP contribution in [0.1, 0.15) is 36.8 Å². The van der Waals surface area contributed by atoms with Gasteiger partial charge in [-0.25, -0.2) is 14.7 Å². The van der Waals surface area contributed by atoms with Crippen molar-refractivity contribution in [3.8, 4) is 0 Å². The Balaban J connectivity index is 1.61. The van der Waals surface area contributed by atoms with Crippen LogP contribution in [0, 0.1) is 0 Å². The Kier molecular flexibility index (Phi) is 11.3. The molecule has 0 aliphatic rings. The summed E-state index contributed by atoms with van der Waals surface area (Å²) in [5, 5.41) is 21.3. The van der Waals surface area contributed by atoms with Crippen LogP contribution in [0.25, 0.3) is 0 Å². The van der Waals surface area contributed by atoms with Crippen LogP contribution in [0.3, 0.4) is 0 Å². The molecule has 9 nitrogen and oxygen atoms in total. The molecule has 0 bridgehead atoms. The van der Waals surface area contributed by atoms with Crippen LogP contribution in [0.4, 0.5) is 16.2 Å². The average molecular weight is 484 g/mol. The van der Waals surface area contributed by atoms with Crippen molar-refractivity contribution < 1.29 is 29.4 Å². The molecule has 0 radical (unpaired) electrons. The Morgan fingerprint density at radius 2 is 1.51 bits per heavy atom. The zero-order chi connectivity index (χ0) is 25.6. The third-order valence-electron chi connectivity index (χ3n) is 5.23. The minimum Gasteiger partial charge on any atom is -0.478 e. The molecule has 2 aromatic rings. The second-order valence-corrected chi connectivity index (χ2v) is 8.26. The molecule has 9 heteroatoms. The molecule has 0 saturated heterocycles. The van der Waals surface area contributed by atoms with E-state index in [1.807, 2.05) is 67.5 Å². The lowest BCUT2D eigenvalue weighted by molar-refractivity contribution is -0.159. The molecule has 0 saturated carbocycles. The molecule has 0 aliphatic carbocycles. The summed E-state index contributed by atoms with van der Waals surface area (Å²) in [4.78, 5) is 35.9. The highest BCUT2D eigenvalue weighted by molar-refractivity contribution is 5.93. The Bertz CT molecular complexity index is 987. The SMILES string of the molecule is CN(C)c1ccc(NC(=O)OCc2ccc(CCCCCCN(O)C(=O)/C=C/C(=O)O)cc2)cc1. The minimum atomic E-state index is -1.24. The van der Waals surface area contributed by atoms with Crippen molar-refractivity contribution in [3.63, 3.8) is 0 Å². The van der Waals surface area contributed by atoms with E-state index < -0.39 is 18.0 Å². The van der Waals surface area contributed by atoms with Gasteiger partial charge in [-0.15, -0.1) is 0 Å². The highest BCUT2D eigenvalue weighted by Gasteiger charge is 2.07. The molecule has 35 heavy (non-hydrogen) atoms. The molecular formula is C26H33N3O6. The van der Waals surface area contributed by atoms with Gasteiger partial charge in [-0.1, -0.05) is 37.1 Å². The normalized spacial score (nSPS) is 10.7. The highest BCUT2D eigenvalue weighted by Crippen LogP contribution is 2.16. The lowest BCUT2D eigenvalue weighted by Crippen LogP contribution is -2.26. The van der Waals surface area contributed by atoms with E-state index in [0.29, 0.717) is 23.2 Å². The number of benzene rings is 2. The van der Waals surface area contributed by atoms with Crippen molar-refractivity contribution in [1.82, 2.24) is 5.06 Å². The number of anilines is 2. The third-order valence-corrected chi connectivity index (χ3v) is 5.23. The summed E-state index contributed by atoms with van der Waals surface area (Å²) in [5.74, 6) is -1.98. The molecule has 2 rings (SSSR count). The van der Waals surface area contributed by atoms with Gasteiger partial charge in [-0.05, 0) is 54.7 Å². The summed E-state index contributed by atoms with van der Waals surface area (Å²) < 4.78 is 5.30. The molecule has 0 aliphatic heterocycles. The summed E-state index contributed by atoms with van der Waals surface area (Å²) in [5.41, 5.74) is 3.79. The van der Waals surface area contributed by atoms with E-state index >= 15 is 0 Å². The molecule has 0 spiro atoms. The summed E-state index contributed by atoms with van der Waals surface area (Å²) >= 11 is 0. The molecular weight excluding hydrogens is 450 g/mol. The first-order valence-corrected chi connectivity index (χ1v) is 11.4. The number of ether oxygens (including phenoxy) is 1. The molecule has 0 heterocycles. The van der Waals surface area contributed by atoms with Gasteiger partial charge in [0.05, 0.1) is 0 Å². The third kappa shape index (κ3) is 10.7. The van der Waals surface area contributed by atoms with Gasteiger partial charge in [0.1, 0.15) is 6.61 Å². The number of carboxylic acids is 1. The standard InChI is InChI=1S/C26H33N3O6/c1-28(2)23-14-12-22(13-15-23)27-26(33)35-19-21-10-8-20(9-11-21)7-5-3-4-6-18-29(34)24(30)16-17-25(31)32/h8-17,34H,3-7,18-19H2,1-2H3,(H,27,33)(H,31,32)/b17-16+. The monoisotopic (exact) mass is 483 g/mol. The lowest BCUT2D eigenvalue weighted by Gasteiger charge is -2.13. The number of carbonyl (C=O) groups excluding carboxylic acids is 2. The zero-order valence-corrected chi connectivity index (χ0v) is 20.1. The Morgan fingerprint density at radius 1 is 0.886 bits per heavy atom. The maximum atomic E-state index is 12.0. The van der Waals surface area contributed by atoms with Crippen molar-refractivity contribution >= 4 is 29.3 Å². The molecule has 3 N–H and O–H groups in total. The first-order valence-electron chi connectivity index (χ1n) is 11.4. The van der Waals surface area contributed by atoms with E-state index in [-0.39, 0.29) is 13.2 Å². The Labute approximate surface area is 205 Å². The number of carbonyl (C=O) groups is 3. The fourth-order valence-corrected chi connectivity index (χ4v) is 3.23. The van der Waals surface area contributed by atoms with Gasteiger partial charge in [-0.2, -0.15) is 0 Å². The largest absolute Gasteiger partial charge is 0.478 e. The van der Waals surface area contributed by atoms with E-state index in [1.165, 1.54) is 5.56 Å². The number of nitrogens with zero attached hydrogens (tertiary/aromatic N) is 2. The van der Waals surface area contributed by atoms with Crippen molar-refractivity contribution in [1.29, 1.82) is 0 Å². The van der Waals surface area contributed by atoms with Crippen LogP contribution in [0.15, 0.2) is 60.7 Å². The van der Waals surface area contributed by atoms with E-state index in [4.69, 9.17) is 9.84 Å². The smallest absolute Gasteiger partial charge is 0.411 e. The number of hydrogen-bond acceptors (Lipinski definition) is 6. The second kappa shape index (κ2) is 14.4. The quantitative estimate of drug-likeness (QED) is 0.166. The van der Waals surface area contributed by atoms with Crippen LogP contribution in [0.2, 0.25) is 0 Å². The van der Waals surface area contributed by atoms with Crippen LogP contribution < -0.4 is 10.2 Å². The van der Waals surface area contributed by atoms with E-state index in [9.17, 15) is 19.6 Å². The van der Waals surface area contributed by atoms with Gasteiger partial charge in [-0.3, -0.25) is 15.3 Å². The fraction of sp³-hybridized carbons (Fsp3) is 0.346. The molecule has 0 unspecified atom stereocenters. The Morgan fingerprint density at radius 3 is 2.14 bits per heavy atom. The Hall–Kier alpha value is -3.85. The van der Waals surface area contributed by atoms with E-state index in [1.54, 1.807) is 0 Å². The van der Waals surface area contributed by atoms with Gasteiger partial charge >= 0.3 is 12.1 Å². The van der Waals surface area contributed by atoms with Crippen molar-refractivity contribution in [2.45, 2.75) is 38.7 Å². The number of aliphatic carboxylic acids is 1. The predicted molar refractivity (Wildman–Crippen MR) is 133 cm³/mol. The number of rotatable bonds is 13. The summed E-state index contributed by atoms with van der Waals surface area (Å²) in [6, 6.07) is 15.4. The van der Waals surface area contributed by atoms with Crippen molar-refractivity contribution in [2.24, 2.45) is 0 Å². The molecule has 188 valence electrons. The highest BCUT2D eigenvalue weighted by atomic mass is 16.5. The van der Waals surface area contributed by atoms with Crippen LogP contribution in [0.5, 0.6) is 0 Å². The summed E-state index contributed by atoms with van der Waals surface area (Å²) in [6.45, 7) is 0.340. The number of amides is 2. The minimum absolute atomic E-state index is 0.159. The fourth-order valence-electron chi connectivity index (χ4n) is 3.23. The molecule has 2 amide bonds. The lowest BCUT2D eigenvalue weighted by atomic mass is 10.0. The van der Waals surface area contributed by atoms with Gasteiger partial charge < -0.3 is 14.7 Å². The number of aryl methyl sites for hydroxylation is 1. The van der Waals surface area contributed by atoms with Crippen LogP contribution in [-0.2, 0) is 27.4 Å². The number of nitrogens with one attached hydrogen (secondary N) is 1. The average Bonchev–Trinajstić information content (AvgIpc) is 2.84. The summed E-state index contributed by atoms with van der Waals surface area (Å²) in [7, 11) is 3.90. The number of carboxylic acid groups (broad SMARTS) is 1. The molecule has 0 atom stereocenters. The van der Waals surface area contributed by atoms with Crippen molar-refractivity contribution in [2.75, 3.05) is 30.9 Å². The number of hydroxylamine groups is 2.